The summed E-state index contributed by atoms with van der Waals surface area (Å²) >= 11 is 0. The van der Waals surface area contributed by atoms with Crippen LogP contribution in [0.15, 0.2) is 28.8 Å². The van der Waals surface area contributed by atoms with E-state index in [0.717, 1.165) is 6.42 Å². The largest absolute Gasteiger partial charge is 0.344 e. The van der Waals surface area contributed by atoms with Crippen LogP contribution in [-0.2, 0) is 16.6 Å². The van der Waals surface area contributed by atoms with Gasteiger partial charge in [0.1, 0.15) is 11.9 Å². The Morgan fingerprint density at radius 2 is 2.04 bits per heavy atom. The summed E-state index contributed by atoms with van der Waals surface area (Å²) in [6.07, 6.45) is 2.02. The summed E-state index contributed by atoms with van der Waals surface area (Å²) in [6, 6.07) is 6.05. The lowest BCUT2D eigenvalue weighted by Crippen LogP contribution is -2.37. The van der Waals surface area contributed by atoms with Gasteiger partial charge in [-0.05, 0) is 31.7 Å². The van der Waals surface area contributed by atoms with Crippen molar-refractivity contribution < 1.29 is 13.7 Å². The van der Waals surface area contributed by atoms with Gasteiger partial charge in [-0.15, -0.1) is 0 Å². The van der Waals surface area contributed by atoms with E-state index < -0.39 is 11.5 Å². The maximum Gasteiger partial charge on any atom is 0.248 e. The molecular weight excluding hydrogens is 309 g/mol. The topological polar surface area (TPSA) is 68.0 Å². The molecular formula is C18H22FN3O2. The summed E-state index contributed by atoms with van der Waals surface area (Å²) in [6.45, 7) is 5.95. The molecule has 1 aliphatic rings. The van der Waals surface area contributed by atoms with E-state index in [1.807, 2.05) is 0 Å². The third kappa shape index (κ3) is 3.18. The number of nitrogens with one attached hydrogen (secondary N) is 1. The molecule has 128 valence electrons. The minimum atomic E-state index is -0.764. The number of nitrogens with zero attached hydrogens (tertiary/aromatic N) is 2. The lowest BCUT2D eigenvalue weighted by molar-refractivity contribution is -0.124. The first-order valence-electron chi connectivity index (χ1n) is 8.31. The van der Waals surface area contributed by atoms with Gasteiger partial charge in [0, 0.05) is 12.0 Å². The van der Waals surface area contributed by atoms with E-state index in [1.165, 1.54) is 6.07 Å². The first kappa shape index (κ1) is 16.6. The van der Waals surface area contributed by atoms with Crippen LogP contribution in [0.5, 0.6) is 0 Å². The number of benzene rings is 1. The zero-order valence-corrected chi connectivity index (χ0v) is 14.2. The lowest BCUT2D eigenvalue weighted by atomic mass is 9.94. The van der Waals surface area contributed by atoms with E-state index in [1.54, 1.807) is 25.1 Å². The lowest BCUT2D eigenvalue weighted by Gasteiger charge is -2.18. The van der Waals surface area contributed by atoms with Crippen LogP contribution in [0, 0.1) is 11.7 Å². The van der Waals surface area contributed by atoms with E-state index in [9.17, 15) is 9.18 Å². The van der Waals surface area contributed by atoms with Gasteiger partial charge < -0.3 is 9.84 Å². The zero-order valence-electron chi connectivity index (χ0n) is 14.2. The fourth-order valence-electron chi connectivity index (χ4n) is 2.88. The van der Waals surface area contributed by atoms with E-state index in [0.29, 0.717) is 36.0 Å². The van der Waals surface area contributed by atoms with Crippen LogP contribution < -0.4 is 5.32 Å². The Morgan fingerprint density at radius 1 is 1.33 bits per heavy atom. The van der Waals surface area contributed by atoms with Gasteiger partial charge in [0.15, 0.2) is 5.82 Å². The van der Waals surface area contributed by atoms with Crippen molar-refractivity contribution in [3.63, 3.8) is 0 Å². The maximum atomic E-state index is 14.0. The summed E-state index contributed by atoms with van der Waals surface area (Å²) in [5.74, 6) is 0.911. The Hall–Kier alpha value is -2.24. The number of hydrogen-bond acceptors (Lipinski definition) is 4. The highest BCUT2D eigenvalue weighted by Gasteiger charge is 2.53. The van der Waals surface area contributed by atoms with Gasteiger partial charge in [-0.1, -0.05) is 37.2 Å². The van der Waals surface area contributed by atoms with Gasteiger partial charge in [-0.2, -0.15) is 4.98 Å². The van der Waals surface area contributed by atoms with Crippen molar-refractivity contribution in [2.75, 3.05) is 0 Å². The Balaban J connectivity index is 1.70. The minimum absolute atomic E-state index is 0.191. The van der Waals surface area contributed by atoms with Gasteiger partial charge in [-0.3, -0.25) is 4.79 Å². The summed E-state index contributed by atoms with van der Waals surface area (Å²) in [5, 5.41) is 6.83. The quantitative estimate of drug-likeness (QED) is 0.882. The summed E-state index contributed by atoms with van der Waals surface area (Å²) in [5.41, 5.74) is -0.304. The molecule has 5 nitrogen and oxygen atoms in total. The molecule has 1 N–H and O–H groups in total. The minimum Gasteiger partial charge on any atom is -0.344 e. The summed E-state index contributed by atoms with van der Waals surface area (Å²) in [7, 11) is 0. The van der Waals surface area contributed by atoms with Gasteiger partial charge in [0.25, 0.3) is 0 Å². The Labute approximate surface area is 140 Å². The van der Waals surface area contributed by atoms with Crippen molar-refractivity contribution in [1.29, 1.82) is 0 Å². The van der Waals surface area contributed by atoms with Crippen LogP contribution in [-0.4, -0.2) is 16.0 Å². The van der Waals surface area contributed by atoms with Crippen LogP contribution in [0.2, 0.25) is 0 Å². The number of amides is 1. The van der Waals surface area contributed by atoms with Gasteiger partial charge in [0.2, 0.25) is 11.8 Å². The van der Waals surface area contributed by atoms with Crippen LogP contribution in [0.4, 0.5) is 4.39 Å². The summed E-state index contributed by atoms with van der Waals surface area (Å²) in [4.78, 5) is 17.0. The highest BCUT2D eigenvalue weighted by molar-refractivity contribution is 5.91. The highest BCUT2D eigenvalue weighted by atomic mass is 19.1. The van der Waals surface area contributed by atoms with E-state index in [-0.39, 0.29) is 11.7 Å². The second-order valence-electron chi connectivity index (χ2n) is 6.90. The molecule has 6 heteroatoms. The fraction of sp³-hybridized carbons (Fsp3) is 0.500. The molecule has 0 spiro atoms. The van der Waals surface area contributed by atoms with Crippen molar-refractivity contribution in [2.24, 2.45) is 5.92 Å². The first-order chi connectivity index (χ1) is 11.4. The zero-order chi connectivity index (χ0) is 17.3. The van der Waals surface area contributed by atoms with Gasteiger partial charge in [0.05, 0.1) is 5.41 Å². The second kappa shape index (κ2) is 6.34. The average Bonchev–Trinajstić information content (AvgIpc) is 3.21. The van der Waals surface area contributed by atoms with Crippen LogP contribution in [0.3, 0.4) is 0 Å². The molecule has 1 fully saturated rings. The highest BCUT2D eigenvalue weighted by Crippen LogP contribution is 2.49. The first-order valence-corrected chi connectivity index (χ1v) is 8.31. The number of carbonyl (C=O) groups excluding carboxylic acids is 1. The van der Waals surface area contributed by atoms with Crippen LogP contribution in [0.25, 0.3) is 0 Å². The number of hydrogen-bond donors (Lipinski definition) is 1. The normalized spacial score (nSPS) is 16.9. The van der Waals surface area contributed by atoms with Crippen molar-refractivity contribution in [3.8, 4) is 0 Å². The molecule has 0 aliphatic heterocycles. The standard InChI is InChI=1S/C18H22FN3O2/c1-11(2)10-15-21-16(24-22-15)12(3)20-17(23)18(8-9-18)13-6-4-5-7-14(13)19/h4-7,11-12H,8-10H2,1-3H3,(H,20,23). The van der Waals surface area contributed by atoms with Gasteiger partial charge >= 0.3 is 0 Å². The molecule has 1 aliphatic carbocycles. The van der Waals surface area contributed by atoms with Gasteiger partial charge in [-0.25, -0.2) is 4.39 Å². The number of rotatable bonds is 6. The third-order valence-electron chi connectivity index (χ3n) is 4.37. The second-order valence-corrected chi connectivity index (χ2v) is 6.90. The molecule has 0 radical (unpaired) electrons. The summed E-state index contributed by atoms with van der Waals surface area (Å²) < 4.78 is 19.3. The van der Waals surface area contributed by atoms with Crippen molar-refractivity contribution in [3.05, 3.63) is 47.4 Å². The SMILES string of the molecule is CC(C)Cc1noc(C(C)NC(=O)C2(c3ccccc3F)CC2)n1. The molecule has 0 bridgehead atoms. The Bertz CT molecular complexity index is 737. The molecule has 24 heavy (non-hydrogen) atoms. The smallest absolute Gasteiger partial charge is 0.248 e. The van der Waals surface area contributed by atoms with Crippen molar-refractivity contribution >= 4 is 5.91 Å². The molecule has 1 atom stereocenters. The average molecular weight is 331 g/mol. The fourth-order valence-corrected chi connectivity index (χ4v) is 2.88. The molecule has 1 heterocycles. The Kier molecular flexibility index (Phi) is 4.39. The molecule has 2 aromatic rings. The van der Waals surface area contributed by atoms with E-state index >= 15 is 0 Å². The number of aromatic nitrogens is 2. The molecule has 3 rings (SSSR count). The molecule has 1 aromatic carbocycles. The molecule has 1 aromatic heterocycles. The predicted molar refractivity (Wildman–Crippen MR) is 86.7 cm³/mol. The van der Waals surface area contributed by atoms with Crippen molar-refractivity contribution in [2.45, 2.75) is 51.5 Å². The van der Waals surface area contributed by atoms with E-state index in [2.05, 4.69) is 29.3 Å². The van der Waals surface area contributed by atoms with E-state index in [4.69, 9.17) is 4.52 Å². The maximum absolute atomic E-state index is 14.0. The van der Waals surface area contributed by atoms with Crippen molar-refractivity contribution in [1.82, 2.24) is 15.5 Å². The number of carbonyl (C=O) groups is 1. The monoisotopic (exact) mass is 331 g/mol. The van der Waals surface area contributed by atoms with Crippen LogP contribution in [0.1, 0.15) is 56.9 Å². The van der Waals surface area contributed by atoms with Crippen LogP contribution >= 0.6 is 0 Å². The molecule has 1 unspecified atom stereocenters. The molecule has 1 saturated carbocycles. The predicted octanol–water partition coefficient (Wildman–Crippen LogP) is 3.32. The molecule has 0 saturated heterocycles. The third-order valence-corrected chi connectivity index (χ3v) is 4.37. The Morgan fingerprint density at radius 3 is 2.67 bits per heavy atom. The molecule has 1 amide bonds. The number of halogens is 1.